The number of aliphatic hydroxyl groups is 4. The molecular formula is C33H28N4O10. The molecule has 0 saturated carbocycles. The Balaban J connectivity index is 1.46. The minimum Gasteiger partial charge on any atom is -0.508 e. The number of ether oxygens (including phenoxy) is 1. The van der Waals surface area contributed by atoms with Gasteiger partial charge in [-0.05, 0) is 29.8 Å². The minimum atomic E-state index is -1.77. The number of amides is 2. The van der Waals surface area contributed by atoms with Gasteiger partial charge in [-0.15, -0.1) is 0 Å². The second kappa shape index (κ2) is 10.4. The average Bonchev–Trinajstić information content (AvgIpc) is 3.68. The monoisotopic (exact) mass is 640 g/mol. The number of phenols is 3. The number of H-pyrrole nitrogens is 1. The number of aromatic amines is 1. The number of aromatic hydroxyl groups is 3. The maximum absolute atomic E-state index is 14.3. The zero-order valence-electron chi connectivity index (χ0n) is 24.3. The summed E-state index contributed by atoms with van der Waals surface area (Å²) in [5, 5.41) is 76.5. The summed E-state index contributed by atoms with van der Waals surface area (Å²) in [6.45, 7) is -0.698. The highest BCUT2D eigenvalue weighted by Crippen LogP contribution is 2.49. The first-order valence-electron chi connectivity index (χ1n) is 14.8. The van der Waals surface area contributed by atoms with Crippen LogP contribution in [0.2, 0.25) is 0 Å². The van der Waals surface area contributed by atoms with E-state index in [1.54, 1.807) is 36.4 Å². The molecule has 14 heteroatoms. The number of aromatic nitrogens is 2. The molecular weight excluding hydrogens is 612 g/mol. The number of phenolic OH excluding ortho intramolecular Hbond substituents is 3. The Morgan fingerprint density at radius 2 is 1.45 bits per heavy atom. The van der Waals surface area contributed by atoms with E-state index >= 15 is 0 Å². The predicted octanol–water partition coefficient (Wildman–Crippen LogP) is 1.82. The van der Waals surface area contributed by atoms with Crippen molar-refractivity contribution in [3.05, 3.63) is 77.4 Å². The molecule has 0 bridgehead atoms. The maximum Gasteiger partial charge on any atom is 0.276 e. The van der Waals surface area contributed by atoms with Crippen LogP contribution in [-0.4, -0.2) is 93.1 Å². The zero-order valence-corrected chi connectivity index (χ0v) is 24.3. The van der Waals surface area contributed by atoms with Crippen molar-refractivity contribution < 1.29 is 50.1 Å². The molecule has 14 nitrogen and oxygen atoms in total. The number of nitrogens with zero attached hydrogens (tertiary/aromatic N) is 2. The van der Waals surface area contributed by atoms with Crippen LogP contribution < -0.4 is 5.43 Å². The lowest BCUT2D eigenvalue weighted by Crippen LogP contribution is -2.56. The zero-order chi connectivity index (χ0) is 32.9. The maximum atomic E-state index is 14.3. The van der Waals surface area contributed by atoms with Crippen molar-refractivity contribution in [1.29, 1.82) is 0 Å². The number of rotatable bonds is 5. The number of hydrogen-bond donors (Lipinski definition) is 9. The van der Waals surface area contributed by atoms with Crippen LogP contribution in [0, 0.1) is 0 Å². The van der Waals surface area contributed by atoms with Crippen molar-refractivity contribution in [2.75, 3.05) is 6.61 Å². The molecule has 2 aliphatic rings. The van der Waals surface area contributed by atoms with Gasteiger partial charge in [-0.2, -0.15) is 0 Å². The fourth-order valence-electron chi connectivity index (χ4n) is 7.01. The van der Waals surface area contributed by atoms with Gasteiger partial charge in [0.15, 0.2) is 6.23 Å². The van der Waals surface area contributed by atoms with Gasteiger partial charge in [-0.1, -0.05) is 36.4 Å². The Kier molecular flexibility index (Phi) is 6.46. The molecule has 1 fully saturated rings. The Morgan fingerprint density at radius 1 is 0.766 bits per heavy atom. The number of aliphatic hydroxyl groups excluding tert-OH is 4. The topological polar surface area (TPSA) is 221 Å². The number of carbonyl (C=O) groups excluding carboxylic acids is 2. The third-order valence-electron chi connectivity index (χ3n) is 9.11. The number of benzene rings is 4. The number of carbonyl (C=O) groups is 2. The molecule has 1 saturated heterocycles. The molecule has 9 N–H and O–H groups in total. The molecule has 8 rings (SSSR count). The van der Waals surface area contributed by atoms with E-state index in [0.717, 1.165) is 5.01 Å². The van der Waals surface area contributed by atoms with Gasteiger partial charge in [0.2, 0.25) is 0 Å². The highest BCUT2D eigenvalue weighted by molar-refractivity contribution is 6.39. The van der Waals surface area contributed by atoms with E-state index in [4.69, 9.17) is 4.74 Å². The first-order chi connectivity index (χ1) is 22.6. The Labute approximate surface area is 263 Å². The van der Waals surface area contributed by atoms with Crippen LogP contribution in [0.4, 0.5) is 0 Å². The second-order valence-corrected chi connectivity index (χ2v) is 11.8. The number of nitrogens with one attached hydrogen (secondary N) is 2. The van der Waals surface area contributed by atoms with Crippen LogP contribution >= 0.6 is 0 Å². The smallest absolute Gasteiger partial charge is 0.276 e. The third-order valence-corrected chi connectivity index (χ3v) is 9.11. The summed E-state index contributed by atoms with van der Waals surface area (Å²) in [6.07, 6.45) is -8.00. The van der Waals surface area contributed by atoms with Crippen molar-refractivity contribution in [3.63, 3.8) is 0 Å². The number of para-hydroxylation sites is 2. The van der Waals surface area contributed by atoms with Gasteiger partial charge >= 0.3 is 0 Å². The number of hydrazine groups is 1. The van der Waals surface area contributed by atoms with Crippen LogP contribution in [0.1, 0.15) is 32.5 Å². The number of imide groups is 1. The normalized spacial score (nSPS) is 23.1. The first-order valence-corrected chi connectivity index (χ1v) is 14.8. The summed E-state index contributed by atoms with van der Waals surface area (Å²) in [4.78, 5) is 31.7. The molecule has 5 atom stereocenters. The summed E-state index contributed by atoms with van der Waals surface area (Å²) in [7, 11) is 0. The van der Waals surface area contributed by atoms with Gasteiger partial charge < -0.3 is 50.0 Å². The lowest BCUT2D eigenvalue weighted by atomic mass is 9.96. The SMILES string of the molecule is O=C1c2c(c3c4cccc(O)c4n([C@@H]4O[C@H](CO)[C@@H](O)[C@H](O)[C@H]4O)c3c3[nH]c4c(O)cccc4c23)C(=O)N1NCc1cccc(O)c1. The average molecular weight is 641 g/mol. The molecule has 0 aliphatic carbocycles. The van der Waals surface area contributed by atoms with E-state index < -0.39 is 49.1 Å². The fraction of sp³-hybridized carbons (Fsp3) is 0.212. The standard InChI is InChI=1S/C33H28N4O10/c38-12-19-28(42)29(43)30(44)33(47-19)36-26-16(7-3-9-18(26)41)21-23-22(20-15-6-2-8-17(40)24(15)35-25(20)27(21)36)31(45)37(32(23)46)34-11-13-4-1-5-14(39)10-13/h1-10,19,28-30,33-35,38-44H,11-12H2/t19-,28-,29+,30-,33-/m1/s1. The van der Waals surface area contributed by atoms with Gasteiger partial charge in [0, 0.05) is 28.1 Å². The van der Waals surface area contributed by atoms with E-state index in [1.807, 2.05) is 0 Å². The summed E-state index contributed by atoms with van der Waals surface area (Å²) in [5.41, 5.74) is 4.22. The van der Waals surface area contributed by atoms with Crippen molar-refractivity contribution in [1.82, 2.24) is 20.0 Å². The summed E-state index contributed by atoms with van der Waals surface area (Å²) in [6, 6.07) is 15.6. The van der Waals surface area contributed by atoms with Crippen LogP contribution in [0.15, 0.2) is 60.7 Å². The highest BCUT2D eigenvalue weighted by atomic mass is 16.6. The molecule has 4 aromatic carbocycles. The Morgan fingerprint density at radius 3 is 2.17 bits per heavy atom. The fourth-order valence-corrected chi connectivity index (χ4v) is 7.01. The molecule has 2 amide bonds. The first kappa shape index (κ1) is 29.2. The van der Waals surface area contributed by atoms with E-state index in [9.17, 15) is 45.3 Å². The highest BCUT2D eigenvalue weighted by Gasteiger charge is 2.47. The lowest BCUT2D eigenvalue weighted by molar-refractivity contribution is -0.249. The van der Waals surface area contributed by atoms with Crippen molar-refractivity contribution in [2.24, 2.45) is 0 Å². The molecule has 2 aromatic heterocycles. The summed E-state index contributed by atoms with van der Waals surface area (Å²) >= 11 is 0. The van der Waals surface area contributed by atoms with Crippen LogP contribution in [0.5, 0.6) is 17.2 Å². The van der Waals surface area contributed by atoms with E-state index in [-0.39, 0.29) is 67.8 Å². The molecule has 47 heavy (non-hydrogen) atoms. The van der Waals surface area contributed by atoms with Crippen molar-refractivity contribution in [3.8, 4) is 17.2 Å². The van der Waals surface area contributed by atoms with Gasteiger partial charge in [0.05, 0.1) is 39.8 Å². The molecule has 0 unspecified atom stereocenters. The van der Waals surface area contributed by atoms with Gasteiger partial charge in [0.25, 0.3) is 11.8 Å². The van der Waals surface area contributed by atoms with E-state index in [1.165, 1.54) is 28.8 Å². The van der Waals surface area contributed by atoms with Gasteiger partial charge in [-0.25, -0.2) is 10.4 Å². The molecule has 0 radical (unpaired) electrons. The molecule has 4 heterocycles. The van der Waals surface area contributed by atoms with Gasteiger partial charge in [-0.3, -0.25) is 9.59 Å². The Bertz CT molecular complexity index is 2290. The summed E-state index contributed by atoms with van der Waals surface area (Å²) in [5.74, 6) is -1.82. The number of fused-ring (bicyclic) bond motifs is 10. The van der Waals surface area contributed by atoms with Crippen LogP contribution in [0.25, 0.3) is 43.6 Å². The third kappa shape index (κ3) is 4.00. The van der Waals surface area contributed by atoms with Crippen LogP contribution in [-0.2, 0) is 11.3 Å². The van der Waals surface area contributed by atoms with Crippen molar-refractivity contribution in [2.45, 2.75) is 37.2 Å². The molecule has 6 aromatic rings. The number of hydrogen-bond acceptors (Lipinski definition) is 11. The largest absolute Gasteiger partial charge is 0.508 e. The van der Waals surface area contributed by atoms with E-state index in [0.29, 0.717) is 16.3 Å². The summed E-state index contributed by atoms with van der Waals surface area (Å²) < 4.78 is 7.34. The second-order valence-electron chi connectivity index (χ2n) is 11.8. The molecule has 0 spiro atoms. The minimum absolute atomic E-state index is 0.00818. The quantitative estimate of drug-likeness (QED) is 0.124. The van der Waals surface area contributed by atoms with Gasteiger partial charge in [0.1, 0.15) is 41.7 Å². The molecule has 2 aliphatic heterocycles. The predicted molar refractivity (Wildman–Crippen MR) is 167 cm³/mol. The van der Waals surface area contributed by atoms with E-state index in [2.05, 4.69) is 10.4 Å². The molecule has 240 valence electrons. The Hall–Kier alpha value is -5.22. The van der Waals surface area contributed by atoms with Crippen LogP contribution in [0.3, 0.4) is 0 Å². The lowest BCUT2D eigenvalue weighted by Gasteiger charge is -2.41. The van der Waals surface area contributed by atoms with Crippen molar-refractivity contribution >= 4 is 55.4 Å².